The van der Waals surface area contributed by atoms with Crippen molar-refractivity contribution in [1.82, 2.24) is 9.88 Å². The van der Waals surface area contributed by atoms with Crippen LogP contribution in [-0.4, -0.2) is 53.4 Å². The molecule has 1 N–H and O–H groups in total. The minimum atomic E-state index is -0.463. The molecule has 8 nitrogen and oxygen atoms in total. The Labute approximate surface area is 171 Å². The molecule has 0 saturated carbocycles. The monoisotopic (exact) mass is 447 g/mol. The van der Waals surface area contributed by atoms with Gasteiger partial charge in [0.15, 0.2) is 0 Å². The van der Waals surface area contributed by atoms with Gasteiger partial charge < -0.3 is 10.2 Å². The zero-order valence-corrected chi connectivity index (χ0v) is 17.2. The molecule has 2 aromatic rings. The number of rotatable bonds is 6. The average molecular weight is 448 g/mol. The molecule has 0 bridgehead atoms. The molecule has 3 rings (SSSR count). The number of piperazine rings is 1. The first-order valence-corrected chi connectivity index (χ1v) is 9.85. The molecule has 1 aliphatic rings. The molecule has 1 fully saturated rings. The van der Waals surface area contributed by atoms with Crippen LogP contribution in [0.4, 0.5) is 17.2 Å². The van der Waals surface area contributed by atoms with Gasteiger partial charge in [0.2, 0.25) is 5.91 Å². The number of nitrogens with one attached hydrogen (secondary N) is 1. The summed E-state index contributed by atoms with van der Waals surface area (Å²) < 4.78 is 0.958. The number of hydrogen-bond donors (Lipinski definition) is 1. The molecule has 0 aliphatic carbocycles. The summed E-state index contributed by atoms with van der Waals surface area (Å²) in [7, 11) is 0. The molecule has 1 aromatic heterocycles. The van der Waals surface area contributed by atoms with Crippen molar-refractivity contribution in [2.24, 2.45) is 0 Å². The third-order valence-corrected chi connectivity index (χ3v) is 5.24. The molecule has 0 radical (unpaired) electrons. The number of hydrogen-bond acceptors (Lipinski definition) is 6. The van der Waals surface area contributed by atoms with Crippen molar-refractivity contribution >= 4 is 39.0 Å². The number of non-ortho nitro benzene ring substituents is 1. The van der Waals surface area contributed by atoms with Crippen LogP contribution < -0.4 is 10.2 Å². The average Bonchev–Trinajstić information content (AvgIpc) is 2.69. The van der Waals surface area contributed by atoms with Gasteiger partial charge in [0.1, 0.15) is 5.82 Å². The molecule has 0 atom stereocenters. The lowest BCUT2D eigenvalue weighted by atomic mass is 10.1. The van der Waals surface area contributed by atoms with Crippen molar-refractivity contribution in [2.75, 3.05) is 42.9 Å². The number of nitro groups is 1. The third kappa shape index (κ3) is 5.26. The van der Waals surface area contributed by atoms with E-state index in [1.54, 1.807) is 12.3 Å². The van der Waals surface area contributed by atoms with Crippen LogP contribution in [0.2, 0.25) is 0 Å². The van der Waals surface area contributed by atoms with Crippen molar-refractivity contribution in [3.63, 3.8) is 0 Å². The van der Waals surface area contributed by atoms with E-state index >= 15 is 0 Å². The van der Waals surface area contributed by atoms with Crippen molar-refractivity contribution in [2.45, 2.75) is 13.3 Å². The molecule has 1 aliphatic heterocycles. The summed E-state index contributed by atoms with van der Waals surface area (Å²) in [6.45, 7) is 5.92. The SMILES string of the molecule is Cc1ccc([N+](=O)[O-])cc1NC(=O)CCN1CCN(c2ccc(Br)cn2)CC1. The first-order chi connectivity index (χ1) is 13.4. The summed E-state index contributed by atoms with van der Waals surface area (Å²) in [4.78, 5) is 31.6. The summed E-state index contributed by atoms with van der Waals surface area (Å²) >= 11 is 3.39. The van der Waals surface area contributed by atoms with E-state index in [1.807, 2.05) is 19.1 Å². The standard InChI is InChI=1S/C19H22BrN5O3/c1-14-2-4-16(25(27)28)12-17(14)22-19(26)6-7-23-8-10-24(11-9-23)18-5-3-15(20)13-21-18/h2-5,12-13H,6-11H2,1H3,(H,22,26). The number of carbonyl (C=O) groups excluding carboxylic acids is 1. The van der Waals surface area contributed by atoms with Gasteiger partial charge >= 0.3 is 0 Å². The molecule has 2 heterocycles. The van der Waals surface area contributed by atoms with Crippen LogP contribution in [0.15, 0.2) is 41.0 Å². The number of pyridine rings is 1. The Morgan fingerprint density at radius 3 is 2.64 bits per heavy atom. The lowest BCUT2D eigenvalue weighted by Gasteiger charge is -2.35. The minimum absolute atomic E-state index is 0.0291. The number of amides is 1. The van der Waals surface area contributed by atoms with Gasteiger partial charge in [-0.15, -0.1) is 0 Å². The fourth-order valence-corrected chi connectivity index (χ4v) is 3.32. The zero-order valence-electron chi connectivity index (χ0n) is 15.6. The van der Waals surface area contributed by atoms with Gasteiger partial charge in [0, 0.05) is 61.9 Å². The first-order valence-electron chi connectivity index (χ1n) is 9.06. The maximum atomic E-state index is 12.3. The zero-order chi connectivity index (χ0) is 20.1. The molecule has 28 heavy (non-hydrogen) atoms. The Hall–Kier alpha value is -2.52. The van der Waals surface area contributed by atoms with Gasteiger partial charge in [0.05, 0.1) is 10.6 Å². The quantitative estimate of drug-likeness (QED) is 0.539. The number of benzene rings is 1. The number of carbonyl (C=O) groups is 1. The minimum Gasteiger partial charge on any atom is -0.354 e. The number of aromatic nitrogens is 1. The molecule has 0 spiro atoms. The fraction of sp³-hybridized carbons (Fsp3) is 0.368. The molecular formula is C19H22BrN5O3. The van der Waals surface area contributed by atoms with E-state index in [0.29, 0.717) is 18.7 Å². The highest BCUT2D eigenvalue weighted by Crippen LogP contribution is 2.22. The van der Waals surface area contributed by atoms with E-state index in [9.17, 15) is 14.9 Å². The normalized spacial score (nSPS) is 14.7. The summed E-state index contributed by atoms with van der Waals surface area (Å²) in [6.07, 6.45) is 2.14. The van der Waals surface area contributed by atoms with Crippen LogP contribution in [0, 0.1) is 17.0 Å². The van der Waals surface area contributed by atoms with Crippen LogP contribution in [0.25, 0.3) is 0 Å². The van der Waals surface area contributed by atoms with Crippen LogP contribution in [0.1, 0.15) is 12.0 Å². The third-order valence-electron chi connectivity index (χ3n) is 4.77. The topological polar surface area (TPSA) is 91.6 Å². The predicted molar refractivity (Wildman–Crippen MR) is 112 cm³/mol. The molecule has 9 heteroatoms. The molecule has 0 unspecified atom stereocenters. The van der Waals surface area contributed by atoms with Gasteiger partial charge in [-0.2, -0.15) is 0 Å². The van der Waals surface area contributed by atoms with Crippen LogP contribution in [-0.2, 0) is 4.79 Å². The first kappa shape index (κ1) is 20.2. The van der Waals surface area contributed by atoms with E-state index in [-0.39, 0.29) is 11.6 Å². The number of anilines is 2. The highest BCUT2D eigenvalue weighted by molar-refractivity contribution is 9.10. The van der Waals surface area contributed by atoms with Crippen molar-refractivity contribution in [3.05, 3.63) is 56.7 Å². The van der Waals surface area contributed by atoms with Gasteiger partial charge in [-0.1, -0.05) is 6.07 Å². The summed E-state index contributed by atoms with van der Waals surface area (Å²) in [5.74, 6) is 0.822. The molecule has 1 amide bonds. The Balaban J connectivity index is 1.46. The molecule has 1 aromatic carbocycles. The van der Waals surface area contributed by atoms with E-state index in [4.69, 9.17) is 0 Å². The van der Waals surface area contributed by atoms with E-state index in [1.165, 1.54) is 12.1 Å². The van der Waals surface area contributed by atoms with Crippen LogP contribution in [0.3, 0.4) is 0 Å². The maximum absolute atomic E-state index is 12.3. The second kappa shape index (κ2) is 9.11. The molecule has 148 valence electrons. The number of aryl methyl sites for hydroxylation is 1. The Bertz CT molecular complexity index is 851. The number of nitrogens with zero attached hydrogens (tertiary/aromatic N) is 4. The van der Waals surface area contributed by atoms with Gasteiger partial charge in [-0.25, -0.2) is 4.98 Å². The van der Waals surface area contributed by atoms with Crippen LogP contribution in [0.5, 0.6) is 0 Å². The van der Waals surface area contributed by atoms with Gasteiger partial charge in [-0.05, 0) is 40.5 Å². The lowest BCUT2D eigenvalue weighted by Crippen LogP contribution is -2.47. The lowest BCUT2D eigenvalue weighted by molar-refractivity contribution is -0.384. The molecule has 1 saturated heterocycles. The van der Waals surface area contributed by atoms with E-state index < -0.39 is 4.92 Å². The van der Waals surface area contributed by atoms with Crippen molar-refractivity contribution in [3.8, 4) is 0 Å². The number of nitro benzene ring substituents is 1. The Kier molecular flexibility index (Phi) is 6.58. The van der Waals surface area contributed by atoms with Gasteiger partial charge in [0.25, 0.3) is 5.69 Å². The summed E-state index contributed by atoms with van der Waals surface area (Å²) in [6, 6.07) is 8.45. The predicted octanol–water partition coefficient (Wildman–Crippen LogP) is 3.21. The van der Waals surface area contributed by atoms with Gasteiger partial charge in [-0.3, -0.25) is 19.8 Å². The maximum Gasteiger partial charge on any atom is 0.271 e. The smallest absolute Gasteiger partial charge is 0.271 e. The van der Waals surface area contributed by atoms with E-state index in [2.05, 4.69) is 36.0 Å². The van der Waals surface area contributed by atoms with Crippen molar-refractivity contribution in [1.29, 1.82) is 0 Å². The van der Waals surface area contributed by atoms with Crippen LogP contribution >= 0.6 is 15.9 Å². The van der Waals surface area contributed by atoms with Crippen molar-refractivity contribution < 1.29 is 9.72 Å². The Morgan fingerprint density at radius 1 is 1.25 bits per heavy atom. The summed E-state index contributed by atoms with van der Waals surface area (Å²) in [5, 5.41) is 13.7. The fourth-order valence-electron chi connectivity index (χ4n) is 3.09. The second-order valence-corrected chi connectivity index (χ2v) is 7.63. The second-order valence-electron chi connectivity index (χ2n) is 6.72. The highest BCUT2D eigenvalue weighted by Gasteiger charge is 2.19. The highest BCUT2D eigenvalue weighted by atomic mass is 79.9. The number of halogens is 1. The Morgan fingerprint density at radius 2 is 2.00 bits per heavy atom. The van der Waals surface area contributed by atoms with E-state index in [0.717, 1.165) is 42.0 Å². The molecular weight excluding hydrogens is 426 g/mol. The summed E-state index contributed by atoms with van der Waals surface area (Å²) in [5.41, 5.74) is 1.26. The largest absolute Gasteiger partial charge is 0.354 e.